The fourth-order valence-corrected chi connectivity index (χ4v) is 3.00. The van der Waals surface area contributed by atoms with Gasteiger partial charge in [0.25, 0.3) is 5.91 Å². The molecule has 2 aromatic rings. The second-order valence-electron chi connectivity index (χ2n) is 6.76. The Balaban J connectivity index is 1.63. The van der Waals surface area contributed by atoms with Gasteiger partial charge >= 0.3 is 0 Å². The first-order valence-corrected chi connectivity index (χ1v) is 8.59. The van der Waals surface area contributed by atoms with Crippen LogP contribution in [0.2, 0.25) is 0 Å². The second kappa shape index (κ2) is 7.27. The first-order valence-electron chi connectivity index (χ1n) is 8.59. The molecule has 0 spiro atoms. The number of hydrogen-bond acceptors (Lipinski definition) is 5. The van der Waals surface area contributed by atoms with E-state index < -0.39 is 6.10 Å². The van der Waals surface area contributed by atoms with Gasteiger partial charge in [-0.15, -0.1) is 0 Å². The fourth-order valence-electron chi connectivity index (χ4n) is 3.00. The van der Waals surface area contributed by atoms with Gasteiger partial charge in [0.1, 0.15) is 18.0 Å². The minimum Gasteiger partial charge on any atom is -0.488 e. The van der Waals surface area contributed by atoms with Gasteiger partial charge < -0.3 is 19.2 Å². The molecule has 6 nitrogen and oxygen atoms in total. The zero-order chi connectivity index (χ0) is 18.0. The molecule has 2 atom stereocenters. The van der Waals surface area contributed by atoms with Gasteiger partial charge in [-0.05, 0) is 30.5 Å². The third-order valence-electron chi connectivity index (χ3n) is 4.56. The standard InChI is InChI=1S/C19H24N2O4/c1-12(2)14-5-4-6-15(9-14)25-17-7-8-21(10-16(17)22)19(23)18-13(3)20-11-24-18/h4-6,9,11-12,16-17,22H,7-8,10H2,1-3H3/t16-,17-/m1/s1. The Bertz CT molecular complexity index is 741. The molecule has 25 heavy (non-hydrogen) atoms. The summed E-state index contributed by atoms with van der Waals surface area (Å²) in [5.41, 5.74) is 1.75. The number of nitrogens with zero attached hydrogens (tertiary/aromatic N) is 2. The van der Waals surface area contributed by atoms with Gasteiger partial charge in [0.15, 0.2) is 6.39 Å². The molecule has 1 N–H and O–H groups in total. The number of hydrogen-bond donors (Lipinski definition) is 1. The number of ether oxygens (including phenoxy) is 1. The molecule has 1 aromatic heterocycles. The summed E-state index contributed by atoms with van der Waals surface area (Å²) in [5, 5.41) is 10.4. The van der Waals surface area contributed by atoms with E-state index in [2.05, 4.69) is 24.9 Å². The fraction of sp³-hybridized carbons (Fsp3) is 0.474. The van der Waals surface area contributed by atoms with Crippen molar-refractivity contribution in [1.82, 2.24) is 9.88 Å². The topological polar surface area (TPSA) is 75.8 Å². The molecule has 1 aromatic carbocycles. The highest BCUT2D eigenvalue weighted by molar-refractivity contribution is 5.92. The zero-order valence-electron chi connectivity index (χ0n) is 14.8. The van der Waals surface area contributed by atoms with Crippen molar-refractivity contribution in [3.63, 3.8) is 0 Å². The van der Waals surface area contributed by atoms with Crippen LogP contribution in [0.5, 0.6) is 5.75 Å². The van der Waals surface area contributed by atoms with Crippen molar-refractivity contribution in [2.45, 2.75) is 45.3 Å². The molecule has 6 heteroatoms. The van der Waals surface area contributed by atoms with E-state index >= 15 is 0 Å². The zero-order valence-corrected chi connectivity index (χ0v) is 14.8. The molecule has 0 aliphatic carbocycles. The lowest BCUT2D eigenvalue weighted by Crippen LogP contribution is -2.51. The molecule has 134 valence electrons. The smallest absolute Gasteiger partial charge is 0.291 e. The molecule has 0 bridgehead atoms. The lowest BCUT2D eigenvalue weighted by atomic mass is 10.0. The SMILES string of the molecule is Cc1ncoc1C(=O)N1CC[C@@H](Oc2cccc(C(C)C)c2)[C@H](O)C1. The number of carbonyl (C=O) groups is 1. The maximum atomic E-state index is 12.5. The highest BCUT2D eigenvalue weighted by Gasteiger charge is 2.33. The van der Waals surface area contributed by atoms with Crippen molar-refractivity contribution >= 4 is 5.91 Å². The molecule has 1 aliphatic rings. The van der Waals surface area contributed by atoms with E-state index in [0.29, 0.717) is 24.6 Å². The molecule has 0 saturated carbocycles. The molecule has 0 radical (unpaired) electrons. The van der Waals surface area contributed by atoms with Gasteiger partial charge in [-0.1, -0.05) is 26.0 Å². The minimum absolute atomic E-state index is 0.216. The van der Waals surface area contributed by atoms with Crippen molar-refractivity contribution in [2.75, 3.05) is 13.1 Å². The molecular formula is C19H24N2O4. The molecule has 2 heterocycles. The summed E-state index contributed by atoms with van der Waals surface area (Å²) in [6, 6.07) is 7.93. The van der Waals surface area contributed by atoms with E-state index in [-0.39, 0.29) is 24.3 Å². The van der Waals surface area contributed by atoms with Crippen molar-refractivity contribution in [3.05, 3.63) is 47.7 Å². The van der Waals surface area contributed by atoms with Crippen LogP contribution in [0.3, 0.4) is 0 Å². The molecule has 3 rings (SSSR count). The predicted octanol–water partition coefficient (Wildman–Crippen LogP) is 2.76. The van der Waals surface area contributed by atoms with Crippen LogP contribution in [0.15, 0.2) is 35.1 Å². The molecule has 1 fully saturated rings. The highest BCUT2D eigenvalue weighted by Crippen LogP contribution is 2.24. The largest absolute Gasteiger partial charge is 0.488 e. The molecule has 1 saturated heterocycles. The monoisotopic (exact) mass is 344 g/mol. The summed E-state index contributed by atoms with van der Waals surface area (Å²) in [5.74, 6) is 1.16. The number of rotatable bonds is 4. The Labute approximate surface area is 147 Å². The van der Waals surface area contributed by atoms with Crippen LogP contribution >= 0.6 is 0 Å². The summed E-state index contributed by atoms with van der Waals surface area (Å²) in [7, 11) is 0. The molecule has 1 amide bonds. The van der Waals surface area contributed by atoms with Crippen LogP contribution in [0.1, 0.15) is 48.0 Å². The van der Waals surface area contributed by atoms with Crippen molar-refractivity contribution in [1.29, 1.82) is 0 Å². The number of likely N-dealkylation sites (tertiary alicyclic amines) is 1. The highest BCUT2D eigenvalue weighted by atomic mass is 16.5. The van der Waals surface area contributed by atoms with Crippen molar-refractivity contribution < 1.29 is 19.1 Å². The van der Waals surface area contributed by atoms with E-state index in [0.717, 1.165) is 5.75 Å². The Morgan fingerprint density at radius 1 is 1.44 bits per heavy atom. The van der Waals surface area contributed by atoms with E-state index in [9.17, 15) is 9.90 Å². The van der Waals surface area contributed by atoms with Crippen LogP contribution in [0, 0.1) is 6.92 Å². The van der Waals surface area contributed by atoms with Gasteiger partial charge in [-0.2, -0.15) is 0 Å². The van der Waals surface area contributed by atoms with Crippen LogP contribution in [-0.2, 0) is 0 Å². The number of benzene rings is 1. The number of aliphatic hydroxyl groups is 1. The molecule has 0 unspecified atom stereocenters. The first kappa shape index (κ1) is 17.5. The number of carbonyl (C=O) groups excluding carboxylic acids is 1. The van der Waals surface area contributed by atoms with E-state index in [4.69, 9.17) is 9.15 Å². The number of amides is 1. The molecular weight excluding hydrogens is 320 g/mol. The number of β-amino-alcohol motifs (C(OH)–C–C–N with tert-alkyl or cyclic N) is 1. The number of aliphatic hydroxyl groups excluding tert-OH is 1. The quantitative estimate of drug-likeness (QED) is 0.923. The summed E-state index contributed by atoms with van der Waals surface area (Å²) >= 11 is 0. The summed E-state index contributed by atoms with van der Waals surface area (Å²) in [4.78, 5) is 18.0. The first-order chi connectivity index (χ1) is 12.0. The average molecular weight is 344 g/mol. The maximum Gasteiger partial charge on any atom is 0.291 e. The van der Waals surface area contributed by atoms with E-state index in [1.807, 2.05) is 18.2 Å². The number of oxazole rings is 1. The van der Waals surface area contributed by atoms with Crippen LogP contribution in [0.4, 0.5) is 0 Å². The third kappa shape index (κ3) is 3.85. The predicted molar refractivity (Wildman–Crippen MR) is 92.7 cm³/mol. The number of piperidine rings is 1. The lowest BCUT2D eigenvalue weighted by molar-refractivity contribution is -0.0207. The van der Waals surface area contributed by atoms with Gasteiger partial charge in [0, 0.05) is 13.0 Å². The van der Waals surface area contributed by atoms with Gasteiger partial charge in [-0.25, -0.2) is 4.98 Å². The van der Waals surface area contributed by atoms with Gasteiger partial charge in [0.05, 0.1) is 12.2 Å². The minimum atomic E-state index is -0.747. The van der Waals surface area contributed by atoms with Crippen LogP contribution in [-0.4, -0.2) is 46.2 Å². The van der Waals surface area contributed by atoms with E-state index in [1.54, 1.807) is 11.8 Å². The maximum absolute atomic E-state index is 12.5. The number of aromatic nitrogens is 1. The Kier molecular flexibility index (Phi) is 5.08. The lowest BCUT2D eigenvalue weighted by Gasteiger charge is -2.35. The Morgan fingerprint density at radius 3 is 2.88 bits per heavy atom. The summed E-state index contributed by atoms with van der Waals surface area (Å²) in [6.45, 7) is 6.70. The average Bonchev–Trinajstić information content (AvgIpc) is 3.02. The Morgan fingerprint density at radius 2 is 2.24 bits per heavy atom. The molecule has 1 aliphatic heterocycles. The van der Waals surface area contributed by atoms with Gasteiger partial charge in [0.2, 0.25) is 5.76 Å². The summed E-state index contributed by atoms with van der Waals surface area (Å²) < 4.78 is 11.1. The van der Waals surface area contributed by atoms with Crippen LogP contribution < -0.4 is 4.74 Å². The van der Waals surface area contributed by atoms with Crippen molar-refractivity contribution in [3.8, 4) is 5.75 Å². The summed E-state index contributed by atoms with van der Waals surface area (Å²) in [6.07, 6.45) is 0.744. The van der Waals surface area contributed by atoms with Crippen molar-refractivity contribution in [2.24, 2.45) is 0 Å². The Hall–Kier alpha value is -2.34. The normalized spacial score (nSPS) is 20.8. The van der Waals surface area contributed by atoms with E-state index in [1.165, 1.54) is 12.0 Å². The van der Waals surface area contributed by atoms with Gasteiger partial charge in [-0.3, -0.25) is 4.79 Å². The third-order valence-corrected chi connectivity index (χ3v) is 4.56. The number of aryl methyl sites for hydroxylation is 1. The van der Waals surface area contributed by atoms with Crippen LogP contribution in [0.25, 0.3) is 0 Å². The second-order valence-corrected chi connectivity index (χ2v) is 6.76.